The van der Waals surface area contributed by atoms with Gasteiger partial charge in [0.15, 0.2) is 5.69 Å². The average Bonchev–Trinajstić information content (AvgIpc) is 3.18. The molecule has 4 aromatic rings. The number of pyridine rings is 2. The van der Waals surface area contributed by atoms with Gasteiger partial charge in [-0.15, -0.1) is 0 Å². The maximum atomic E-state index is 12.1. The van der Waals surface area contributed by atoms with Crippen LogP contribution in [0.3, 0.4) is 0 Å². The van der Waals surface area contributed by atoms with Gasteiger partial charge in [-0.05, 0) is 48.9 Å². The molecule has 0 atom stereocenters. The number of nitrogens with zero attached hydrogens (tertiary/aromatic N) is 2. The second-order valence-electron chi connectivity index (χ2n) is 6.60. The average molecular weight is 387 g/mol. The van der Waals surface area contributed by atoms with Crippen molar-refractivity contribution in [1.29, 1.82) is 0 Å². The van der Waals surface area contributed by atoms with E-state index in [0.29, 0.717) is 11.2 Å². The highest BCUT2D eigenvalue weighted by atomic mass is 16.5. The lowest BCUT2D eigenvalue weighted by Gasteiger charge is -2.10. The lowest BCUT2D eigenvalue weighted by atomic mass is 10.0. The fourth-order valence-electron chi connectivity index (χ4n) is 3.30. The summed E-state index contributed by atoms with van der Waals surface area (Å²) in [5.41, 5.74) is 5.05. The van der Waals surface area contributed by atoms with E-state index in [1.54, 1.807) is 20.4 Å². The van der Waals surface area contributed by atoms with Crippen molar-refractivity contribution in [3.8, 4) is 16.9 Å². The molecule has 3 aromatic heterocycles. The number of aryl methyl sites for hydroxylation is 1. The third-order valence-electron chi connectivity index (χ3n) is 4.81. The lowest BCUT2D eigenvalue weighted by Crippen LogP contribution is -2.19. The Kier molecular flexibility index (Phi) is 4.87. The van der Waals surface area contributed by atoms with Crippen molar-refractivity contribution in [3.63, 3.8) is 0 Å². The predicted octanol–water partition coefficient (Wildman–Crippen LogP) is 4.05. The molecule has 0 aliphatic heterocycles. The van der Waals surface area contributed by atoms with Gasteiger partial charge in [-0.2, -0.15) is 0 Å². The van der Waals surface area contributed by atoms with E-state index in [-0.39, 0.29) is 5.91 Å². The van der Waals surface area contributed by atoms with Crippen molar-refractivity contribution in [1.82, 2.24) is 20.3 Å². The van der Waals surface area contributed by atoms with Crippen LogP contribution in [0.15, 0.2) is 55.0 Å². The number of H-pyrrole nitrogens is 1. The Hall–Kier alpha value is -3.87. The second-order valence-corrected chi connectivity index (χ2v) is 6.60. The van der Waals surface area contributed by atoms with Crippen molar-refractivity contribution in [2.45, 2.75) is 6.92 Å². The number of hydrogen-bond donors (Lipinski definition) is 3. The third-order valence-corrected chi connectivity index (χ3v) is 4.81. The Morgan fingerprint density at radius 3 is 2.59 bits per heavy atom. The molecule has 0 unspecified atom stereocenters. The summed E-state index contributed by atoms with van der Waals surface area (Å²) in [4.78, 5) is 24.0. The zero-order valence-electron chi connectivity index (χ0n) is 16.4. The number of carbonyl (C=O) groups is 1. The van der Waals surface area contributed by atoms with Crippen molar-refractivity contribution >= 4 is 28.3 Å². The number of benzene rings is 1. The summed E-state index contributed by atoms with van der Waals surface area (Å²) in [6, 6.07) is 11.6. The number of amides is 1. The Morgan fingerprint density at radius 1 is 1.10 bits per heavy atom. The Morgan fingerprint density at radius 2 is 1.90 bits per heavy atom. The van der Waals surface area contributed by atoms with E-state index >= 15 is 0 Å². The van der Waals surface area contributed by atoms with Crippen LogP contribution in [0.4, 0.5) is 11.5 Å². The van der Waals surface area contributed by atoms with E-state index in [1.807, 2.05) is 55.7 Å². The molecule has 3 heterocycles. The van der Waals surface area contributed by atoms with E-state index in [2.05, 4.69) is 25.6 Å². The minimum atomic E-state index is -0.224. The van der Waals surface area contributed by atoms with E-state index < -0.39 is 0 Å². The van der Waals surface area contributed by atoms with Gasteiger partial charge in [0, 0.05) is 47.8 Å². The topological polar surface area (TPSA) is 91.9 Å². The Balaban J connectivity index is 1.67. The number of anilines is 2. The summed E-state index contributed by atoms with van der Waals surface area (Å²) in [6.45, 7) is 2.04. The number of aromatic amines is 1. The number of rotatable bonds is 5. The van der Waals surface area contributed by atoms with Crippen LogP contribution in [-0.2, 0) is 0 Å². The normalized spacial score (nSPS) is 10.7. The van der Waals surface area contributed by atoms with Crippen LogP contribution >= 0.6 is 0 Å². The molecule has 0 spiro atoms. The minimum Gasteiger partial charge on any atom is -0.497 e. The number of aromatic nitrogens is 3. The van der Waals surface area contributed by atoms with Gasteiger partial charge >= 0.3 is 0 Å². The Labute approximate surface area is 168 Å². The van der Waals surface area contributed by atoms with Crippen LogP contribution in [0.1, 0.15) is 16.1 Å². The van der Waals surface area contributed by atoms with Gasteiger partial charge in [0.05, 0.1) is 12.6 Å². The zero-order chi connectivity index (χ0) is 20.4. The van der Waals surface area contributed by atoms with Gasteiger partial charge in [-0.3, -0.25) is 4.79 Å². The molecule has 4 rings (SSSR count). The highest BCUT2D eigenvalue weighted by Gasteiger charge is 2.16. The SMILES string of the molecule is CNC(=O)c1nccc2c(-c3cnc(Nc4ccc(OC)cc4)cc3C)c[nH]c12. The summed E-state index contributed by atoms with van der Waals surface area (Å²) >= 11 is 0. The molecule has 146 valence electrons. The van der Waals surface area contributed by atoms with Crippen LogP contribution in [0, 0.1) is 6.92 Å². The zero-order valence-corrected chi connectivity index (χ0v) is 16.4. The highest BCUT2D eigenvalue weighted by molar-refractivity contribution is 6.07. The van der Waals surface area contributed by atoms with Crippen LogP contribution < -0.4 is 15.4 Å². The van der Waals surface area contributed by atoms with Gasteiger partial charge in [0.25, 0.3) is 5.91 Å². The van der Waals surface area contributed by atoms with Gasteiger partial charge in [0.1, 0.15) is 11.6 Å². The molecule has 0 radical (unpaired) electrons. The summed E-state index contributed by atoms with van der Waals surface area (Å²) in [5.74, 6) is 1.34. The first kappa shape index (κ1) is 18.5. The van der Waals surface area contributed by atoms with E-state index in [1.165, 1.54) is 0 Å². The van der Waals surface area contributed by atoms with Gasteiger partial charge in [-0.25, -0.2) is 9.97 Å². The first-order valence-electron chi connectivity index (χ1n) is 9.17. The first-order chi connectivity index (χ1) is 14.1. The molecule has 0 aliphatic carbocycles. The molecular weight excluding hydrogens is 366 g/mol. The molecular formula is C22H21N5O2. The van der Waals surface area contributed by atoms with Crippen molar-refractivity contribution in [3.05, 3.63) is 66.2 Å². The molecule has 3 N–H and O–H groups in total. The lowest BCUT2D eigenvalue weighted by molar-refractivity contribution is 0.0960. The number of methoxy groups -OCH3 is 1. The van der Waals surface area contributed by atoms with Crippen LogP contribution in [0.5, 0.6) is 5.75 Å². The molecule has 29 heavy (non-hydrogen) atoms. The standard InChI is InChI=1S/C22H21N5O2/c1-13-10-19(27-14-4-6-15(29-3)7-5-14)25-11-17(13)18-12-26-20-16(18)8-9-24-21(20)22(28)23-2/h4-12,26H,1-3H3,(H,23,28)(H,25,27). The van der Waals surface area contributed by atoms with Crippen LogP contribution in [-0.4, -0.2) is 35.0 Å². The monoisotopic (exact) mass is 387 g/mol. The molecule has 0 saturated heterocycles. The van der Waals surface area contributed by atoms with Crippen molar-refractivity contribution in [2.24, 2.45) is 0 Å². The number of hydrogen-bond acceptors (Lipinski definition) is 5. The molecule has 1 aromatic carbocycles. The molecule has 7 heteroatoms. The molecule has 0 aliphatic rings. The van der Waals surface area contributed by atoms with Gasteiger partial charge < -0.3 is 20.4 Å². The fourth-order valence-corrected chi connectivity index (χ4v) is 3.30. The first-order valence-corrected chi connectivity index (χ1v) is 9.17. The fraction of sp³-hybridized carbons (Fsp3) is 0.136. The maximum Gasteiger partial charge on any atom is 0.271 e. The second kappa shape index (κ2) is 7.63. The van der Waals surface area contributed by atoms with E-state index in [4.69, 9.17) is 4.74 Å². The molecule has 0 bridgehead atoms. The summed E-state index contributed by atoms with van der Waals surface area (Å²) < 4.78 is 5.19. The number of carbonyl (C=O) groups excluding carboxylic acids is 1. The largest absolute Gasteiger partial charge is 0.497 e. The van der Waals surface area contributed by atoms with Crippen LogP contribution in [0.2, 0.25) is 0 Å². The van der Waals surface area contributed by atoms with Crippen LogP contribution in [0.25, 0.3) is 22.0 Å². The number of ether oxygens (including phenoxy) is 1. The van der Waals surface area contributed by atoms with E-state index in [9.17, 15) is 4.79 Å². The highest BCUT2D eigenvalue weighted by Crippen LogP contribution is 2.32. The molecule has 0 fully saturated rings. The molecule has 1 amide bonds. The predicted molar refractivity (Wildman–Crippen MR) is 114 cm³/mol. The van der Waals surface area contributed by atoms with Crippen molar-refractivity contribution < 1.29 is 9.53 Å². The summed E-state index contributed by atoms with van der Waals surface area (Å²) in [6.07, 6.45) is 5.37. The third kappa shape index (κ3) is 3.50. The maximum absolute atomic E-state index is 12.1. The summed E-state index contributed by atoms with van der Waals surface area (Å²) in [5, 5.41) is 6.85. The number of nitrogens with one attached hydrogen (secondary N) is 3. The summed E-state index contributed by atoms with van der Waals surface area (Å²) in [7, 11) is 3.24. The smallest absolute Gasteiger partial charge is 0.271 e. The molecule has 7 nitrogen and oxygen atoms in total. The van der Waals surface area contributed by atoms with Gasteiger partial charge in [-0.1, -0.05) is 0 Å². The number of fused-ring (bicyclic) bond motifs is 1. The minimum absolute atomic E-state index is 0.224. The van der Waals surface area contributed by atoms with E-state index in [0.717, 1.165) is 39.3 Å². The molecule has 0 saturated carbocycles. The van der Waals surface area contributed by atoms with Crippen molar-refractivity contribution in [2.75, 3.05) is 19.5 Å². The Bertz CT molecular complexity index is 1180. The quantitative estimate of drug-likeness (QED) is 0.481. The van der Waals surface area contributed by atoms with Gasteiger partial charge in [0.2, 0.25) is 0 Å².